The molecule has 0 unspecified atom stereocenters. The highest BCUT2D eigenvalue weighted by molar-refractivity contribution is 7.13. The lowest BCUT2D eigenvalue weighted by molar-refractivity contribution is -0.137. The number of rotatable bonds is 3. The highest BCUT2D eigenvalue weighted by Crippen LogP contribution is 2.29. The third-order valence-electron chi connectivity index (χ3n) is 2.54. The van der Waals surface area contributed by atoms with E-state index in [1.165, 1.54) is 29.7 Å². The van der Waals surface area contributed by atoms with Crippen LogP contribution < -0.4 is 0 Å². The average molecular weight is 285 g/mol. The summed E-state index contributed by atoms with van der Waals surface area (Å²) in [7, 11) is 0. The average Bonchev–Trinajstić information content (AvgIpc) is 2.75. The van der Waals surface area contributed by atoms with Crippen LogP contribution in [0, 0.1) is 6.92 Å². The van der Waals surface area contributed by atoms with Crippen LogP contribution in [0.5, 0.6) is 0 Å². The number of aryl methyl sites for hydroxylation is 1. The van der Waals surface area contributed by atoms with Crippen LogP contribution >= 0.6 is 11.3 Å². The summed E-state index contributed by atoms with van der Waals surface area (Å²) in [5, 5.41) is 0.788. The molecule has 0 aliphatic heterocycles. The number of alkyl halides is 3. The number of benzene rings is 1. The fraction of sp³-hybridized carbons (Fsp3) is 0.231. The van der Waals surface area contributed by atoms with Crippen molar-refractivity contribution in [2.24, 2.45) is 0 Å². The highest BCUT2D eigenvalue weighted by Gasteiger charge is 2.29. The van der Waals surface area contributed by atoms with E-state index in [1.807, 2.05) is 0 Å². The molecule has 0 radical (unpaired) electrons. The van der Waals surface area contributed by atoms with Gasteiger partial charge in [0.15, 0.2) is 5.78 Å². The maximum atomic E-state index is 12.4. The first-order chi connectivity index (χ1) is 8.86. The summed E-state index contributed by atoms with van der Waals surface area (Å²) in [6.45, 7) is 1.79. The van der Waals surface area contributed by atoms with Crippen LogP contribution in [0.15, 0.2) is 30.5 Å². The molecule has 0 bridgehead atoms. The SMILES string of the molecule is Cc1ncc(C(=O)Cc2ccc(C(F)(F)F)cc2)s1. The van der Waals surface area contributed by atoms with Gasteiger partial charge >= 0.3 is 6.18 Å². The molecule has 2 aromatic rings. The lowest BCUT2D eigenvalue weighted by atomic mass is 10.1. The zero-order valence-corrected chi connectivity index (χ0v) is 10.8. The first kappa shape index (κ1) is 13.7. The minimum Gasteiger partial charge on any atom is -0.293 e. The second-order valence-corrected chi connectivity index (χ2v) is 5.27. The summed E-state index contributed by atoms with van der Waals surface area (Å²) < 4.78 is 37.1. The van der Waals surface area contributed by atoms with Crippen molar-refractivity contribution < 1.29 is 18.0 Å². The summed E-state index contributed by atoms with van der Waals surface area (Å²) in [4.78, 5) is 16.4. The molecule has 1 aromatic carbocycles. The van der Waals surface area contributed by atoms with E-state index in [-0.39, 0.29) is 12.2 Å². The van der Waals surface area contributed by atoms with Crippen molar-refractivity contribution in [1.29, 1.82) is 0 Å². The molecule has 100 valence electrons. The fourth-order valence-electron chi connectivity index (χ4n) is 1.57. The smallest absolute Gasteiger partial charge is 0.293 e. The highest BCUT2D eigenvalue weighted by atomic mass is 32.1. The van der Waals surface area contributed by atoms with Gasteiger partial charge in [0.25, 0.3) is 0 Å². The van der Waals surface area contributed by atoms with Crippen molar-refractivity contribution in [1.82, 2.24) is 4.98 Å². The predicted octanol–water partition coefficient (Wildman–Crippen LogP) is 3.90. The zero-order valence-electron chi connectivity index (χ0n) is 9.99. The maximum absolute atomic E-state index is 12.4. The standard InChI is InChI=1S/C13H10F3NOS/c1-8-17-7-12(19-8)11(18)6-9-2-4-10(5-3-9)13(14,15)16/h2-5,7H,6H2,1H3. The summed E-state index contributed by atoms with van der Waals surface area (Å²) in [5.74, 6) is -0.134. The van der Waals surface area contributed by atoms with Gasteiger partial charge in [-0.05, 0) is 24.6 Å². The van der Waals surface area contributed by atoms with Gasteiger partial charge in [-0.15, -0.1) is 11.3 Å². The number of nitrogens with zero attached hydrogens (tertiary/aromatic N) is 1. The van der Waals surface area contributed by atoms with E-state index in [2.05, 4.69) is 4.98 Å². The van der Waals surface area contributed by atoms with Crippen LogP contribution in [0.2, 0.25) is 0 Å². The normalized spacial score (nSPS) is 11.6. The second kappa shape index (κ2) is 5.13. The number of carbonyl (C=O) groups excluding carboxylic acids is 1. The Balaban J connectivity index is 2.10. The second-order valence-electron chi connectivity index (χ2n) is 4.04. The van der Waals surface area contributed by atoms with E-state index in [1.54, 1.807) is 6.92 Å². The number of hydrogen-bond donors (Lipinski definition) is 0. The minimum absolute atomic E-state index is 0.0831. The van der Waals surface area contributed by atoms with E-state index in [4.69, 9.17) is 0 Å². The summed E-state index contributed by atoms with van der Waals surface area (Å²) >= 11 is 1.28. The summed E-state index contributed by atoms with van der Waals surface area (Å²) in [6.07, 6.45) is -2.77. The number of carbonyl (C=O) groups is 1. The summed E-state index contributed by atoms with van der Waals surface area (Å²) in [5.41, 5.74) is -0.151. The first-order valence-electron chi connectivity index (χ1n) is 5.48. The van der Waals surface area contributed by atoms with Crippen molar-refractivity contribution >= 4 is 17.1 Å². The molecule has 2 rings (SSSR count). The van der Waals surface area contributed by atoms with E-state index in [9.17, 15) is 18.0 Å². The van der Waals surface area contributed by atoms with Crippen molar-refractivity contribution in [2.75, 3.05) is 0 Å². The van der Waals surface area contributed by atoms with Crippen LogP contribution in [-0.2, 0) is 12.6 Å². The van der Waals surface area contributed by atoms with Gasteiger partial charge in [-0.2, -0.15) is 13.2 Å². The summed E-state index contributed by atoms with van der Waals surface area (Å²) in [6, 6.07) is 4.63. The molecular formula is C13H10F3NOS. The molecule has 0 saturated carbocycles. The van der Waals surface area contributed by atoms with Gasteiger partial charge in [-0.3, -0.25) is 4.79 Å². The number of thiazole rings is 1. The van der Waals surface area contributed by atoms with Gasteiger partial charge in [-0.25, -0.2) is 4.98 Å². The number of ketones is 1. The topological polar surface area (TPSA) is 30.0 Å². The molecule has 19 heavy (non-hydrogen) atoms. The molecule has 0 fully saturated rings. The Bertz CT molecular complexity index is 587. The van der Waals surface area contributed by atoms with Gasteiger partial charge in [0.1, 0.15) is 0 Å². The largest absolute Gasteiger partial charge is 0.416 e. The lowest BCUT2D eigenvalue weighted by Crippen LogP contribution is -2.06. The monoisotopic (exact) mass is 285 g/mol. The molecule has 0 atom stereocenters. The molecular weight excluding hydrogens is 275 g/mol. The molecule has 0 aliphatic carbocycles. The fourth-order valence-corrected chi connectivity index (χ4v) is 2.29. The van der Waals surface area contributed by atoms with Crippen molar-refractivity contribution in [3.63, 3.8) is 0 Å². The molecule has 0 N–H and O–H groups in total. The van der Waals surface area contributed by atoms with Crippen LogP contribution in [0.4, 0.5) is 13.2 Å². The molecule has 0 aliphatic rings. The number of halogens is 3. The van der Waals surface area contributed by atoms with Crippen LogP contribution in [-0.4, -0.2) is 10.8 Å². The molecule has 1 aromatic heterocycles. The van der Waals surface area contributed by atoms with Crippen LogP contribution in [0.3, 0.4) is 0 Å². The molecule has 0 saturated heterocycles. The first-order valence-corrected chi connectivity index (χ1v) is 6.29. The Kier molecular flexibility index (Phi) is 3.71. The van der Waals surface area contributed by atoms with Crippen molar-refractivity contribution in [3.05, 3.63) is 51.5 Å². The number of Topliss-reactive ketones (excluding diaryl/α,β-unsaturated/α-hetero) is 1. The van der Waals surface area contributed by atoms with Crippen molar-refractivity contribution in [3.8, 4) is 0 Å². The van der Waals surface area contributed by atoms with Gasteiger partial charge < -0.3 is 0 Å². The number of aromatic nitrogens is 1. The molecule has 2 nitrogen and oxygen atoms in total. The third-order valence-corrected chi connectivity index (χ3v) is 3.50. The van der Waals surface area contributed by atoms with Crippen LogP contribution in [0.1, 0.15) is 25.8 Å². The Morgan fingerprint density at radius 2 is 1.89 bits per heavy atom. The molecule has 0 amide bonds. The Labute approximate surface area is 111 Å². The van der Waals surface area contributed by atoms with Crippen molar-refractivity contribution in [2.45, 2.75) is 19.5 Å². The third kappa shape index (κ3) is 3.41. The molecule has 0 spiro atoms. The van der Waals surface area contributed by atoms with Gasteiger partial charge in [0, 0.05) is 12.6 Å². The number of hydrogen-bond acceptors (Lipinski definition) is 3. The zero-order chi connectivity index (χ0) is 14.0. The Hall–Kier alpha value is -1.69. The van der Waals surface area contributed by atoms with Gasteiger partial charge in [-0.1, -0.05) is 12.1 Å². The molecule has 6 heteroatoms. The molecule has 1 heterocycles. The Morgan fingerprint density at radius 3 is 2.37 bits per heavy atom. The van der Waals surface area contributed by atoms with E-state index < -0.39 is 11.7 Å². The Morgan fingerprint density at radius 1 is 1.26 bits per heavy atom. The quantitative estimate of drug-likeness (QED) is 0.801. The maximum Gasteiger partial charge on any atom is 0.416 e. The van der Waals surface area contributed by atoms with Gasteiger partial charge in [0.05, 0.1) is 15.4 Å². The van der Waals surface area contributed by atoms with E-state index >= 15 is 0 Å². The lowest BCUT2D eigenvalue weighted by Gasteiger charge is -2.06. The van der Waals surface area contributed by atoms with E-state index in [0.717, 1.165) is 17.1 Å². The van der Waals surface area contributed by atoms with Gasteiger partial charge in [0.2, 0.25) is 0 Å². The van der Waals surface area contributed by atoms with E-state index in [0.29, 0.717) is 10.4 Å². The van der Waals surface area contributed by atoms with Crippen LogP contribution in [0.25, 0.3) is 0 Å². The predicted molar refractivity (Wildman–Crippen MR) is 66.3 cm³/mol. The minimum atomic E-state index is -4.35.